The van der Waals surface area contributed by atoms with Gasteiger partial charge >= 0.3 is 6.09 Å². The van der Waals surface area contributed by atoms with Crippen LogP contribution in [-0.2, 0) is 9.53 Å². The Bertz CT molecular complexity index is 958. The fraction of sp³-hybridized carbons (Fsp3) is 0.481. The quantitative estimate of drug-likeness (QED) is 0.664. The summed E-state index contributed by atoms with van der Waals surface area (Å²) in [7, 11) is 3.99. The van der Waals surface area contributed by atoms with Crippen molar-refractivity contribution in [3.8, 4) is 11.1 Å². The van der Waals surface area contributed by atoms with Crippen molar-refractivity contribution in [2.45, 2.75) is 50.1 Å². The molecule has 0 N–H and O–H groups in total. The van der Waals surface area contributed by atoms with Crippen molar-refractivity contribution >= 4 is 11.9 Å². The summed E-state index contributed by atoms with van der Waals surface area (Å²) in [5.74, 6) is 0.516. The molecule has 2 unspecified atom stereocenters. The number of fused-ring (bicyclic) bond motifs is 5. The summed E-state index contributed by atoms with van der Waals surface area (Å²) < 4.78 is 5.93. The van der Waals surface area contributed by atoms with Gasteiger partial charge in [0.2, 0.25) is 0 Å². The summed E-state index contributed by atoms with van der Waals surface area (Å²) in [4.78, 5) is 29.8. The van der Waals surface area contributed by atoms with Gasteiger partial charge in [0, 0.05) is 36.9 Å². The Morgan fingerprint density at radius 3 is 2.06 bits per heavy atom. The third kappa shape index (κ3) is 3.83. The first-order valence-corrected chi connectivity index (χ1v) is 11.8. The van der Waals surface area contributed by atoms with Crippen LogP contribution in [0.1, 0.15) is 49.1 Å². The molecule has 2 saturated heterocycles. The maximum Gasteiger partial charge on any atom is 0.410 e. The van der Waals surface area contributed by atoms with Gasteiger partial charge in [-0.1, -0.05) is 48.5 Å². The van der Waals surface area contributed by atoms with E-state index in [-0.39, 0.29) is 30.0 Å². The average molecular weight is 433 g/mol. The predicted octanol–water partition coefficient (Wildman–Crippen LogP) is 4.70. The van der Waals surface area contributed by atoms with Crippen molar-refractivity contribution < 1.29 is 14.3 Å². The van der Waals surface area contributed by atoms with Gasteiger partial charge in [0.25, 0.3) is 0 Å². The topological polar surface area (TPSA) is 49.9 Å². The zero-order valence-electron chi connectivity index (χ0n) is 19.0. The number of hydrogen-bond donors (Lipinski definition) is 0. The molecule has 0 aromatic heterocycles. The molecule has 32 heavy (non-hydrogen) atoms. The standard InChI is InChI=1S/C27H32N2O3/c1-28(2)14-13-26(30)18-15-19-11-12-20(16-18)29(19)27(31)32-17-25-23-9-5-3-7-21(23)22-8-4-6-10-24(22)25/h3-10,18-20,25H,11-17H2,1-2H3. The van der Waals surface area contributed by atoms with Crippen LogP contribution in [0.2, 0.25) is 0 Å². The molecule has 3 aliphatic rings. The average Bonchev–Trinajstić information content (AvgIpc) is 3.26. The summed E-state index contributed by atoms with van der Waals surface area (Å²) >= 11 is 0. The molecule has 2 aromatic rings. The molecule has 0 spiro atoms. The molecule has 1 amide bonds. The molecule has 2 atom stereocenters. The monoisotopic (exact) mass is 432 g/mol. The third-order valence-corrected chi connectivity index (χ3v) is 7.54. The molecule has 2 aromatic carbocycles. The maximum atomic E-state index is 13.1. The molecule has 2 aliphatic heterocycles. The van der Waals surface area contributed by atoms with Gasteiger partial charge in [0.05, 0.1) is 0 Å². The van der Waals surface area contributed by atoms with Crippen LogP contribution < -0.4 is 0 Å². The van der Waals surface area contributed by atoms with Gasteiger partial charge in [0.15, 0.2) is 0 Å². The molecule has 2 heterocycles. The Kier molecular flexibility index (Phi) is 5.76. The normalized spacial score (nSPS) is 23.8. The molecule has 168 valence electrons. The minimum atomic E-state index is -0.210. The Balaban J connectivity index is 1.24. The van der Waals surface area contributed by atoms with Gasteiger partial charge in [-0.05, 0) is 62.0 Å². The first-order chi connectivity index (χ1) is 15.5. The van der Waals surface area contributed by atoms with E-state index in [4.69, 9.17) is 4.74 Å². The van der Waals surface area contributed by atoms with Crippen LogP contribution in [0.4, 0.5) is 4.79 Å². The van der Waals surface area contributed by atoms with Crippen LogP contribution in [-0.4, -0.2) is 61.0 Å². The van der Waals surface area contributed by atoms with Crippen LogP contribution in [0.15, 0.2) is 48.5 Å². The van der Waals surface area contributed by atoms with E-state index in [0.717, 1.165) is 32.2 Å². The molecule has 2 bridgehead atoms. The van der Waals surface area contributed by atoms with Gasteiger partial charge in [-0.15, -0.1) is 0 Å². The van der Waals surface area contributed by atoms with Crippen LogP contribution in [0.5, 0.6) is 0 Å². The minimum Gasteiger partial charge on any atom is -0.448 e. The molecule has 0 radical (unpaired) electrons. The number of hydrogen-bond acceptors (Lipinski definition) is 4. The lowest BCUT2D eigenvalue weighted by Gasteiger charge is -2.38. The van der Waals surface area contributed by atoms with Crippen LogP contribution in [0.25, 0.3) is 11.1 Å². The number of ether oxygens (including phenoxy) is 1. The van der Waals surface area contributed by atoms with E-state index in [0.29, 0.717) is 18.8 Å². The molecular formula is C27H32N2O3. The number of piperidine rings is 1. The highest BCUT2D eigenvalue weighted by molar-refractivity contribution is 5.82. The smallest absolute Gasteiger partial charge is 0.410 e. The fourth-order valence-corrected chi connectivity index (χ4v) is 5.94. The number of Topliss-reactive ketones (excluding diaryl/α,β-unsaturated/α-hetero) is 1. The predicted molar refractivity (Wildman–Crippen MR) is 125 cm³/mol. The molecule has 5 heteroatoms. The Morgan fingerprint density at radius 1 is 0.938 bits per heavy atom. The Hall–Kier alpha value is -2.66. The third-order valence-electron chi connectivity index (χ3n) is 7.54. The van der Waals surface area contributed by atoms with E-state index >= 15 is 0 Å². The van der Waals surface area contributed by atoms with Gasteiger partial charge in [-0.25, -0.2) is 4.79 Å². The van der Waals surface area contributed by atoms with E-state index in [1.165, 1.54) is 22.3 Å². The van der Waals surface area contributed by atoms with E-state index in [2.05, 4.69) is 53.4 Å². The fourth-order valence-electron chi connectivity index (χ4n) is 5.94. The summed E-state index contributed by atoms with van der Waals surface area (Å²) in [6, 6.07) is 17.1. The summed E-state index contributed by atoms with van der Waals surface area (Å²) in [6.07, 6.45) is 3.92. The van der Waals surface area contributed by atoms with E-state index in [1.54, 1.807) is 0 Å². The van der Waals surface area contributed by atoms with Crippen molar-refractivity contribution in [1.82, 2.24) is 9.80 Å². The number of rotatable bonds is 6. The molecule has 5 rings (SSSR count). The molecule has 1 aliphatic carbocycles. The number of nitrogens with zero attached hydrogens (tertiary/aromatic N) is 2. The number of benzene rings is 2. The Labute approximate surface area is 190 Å². The highest BCUT2D eigenvalue weighted by Crippen LogP contribution is 2.45. The largest absolute Gasteiger partial charge is 0.448 e. The van der Waals surface area contributed by atoms with Crippen LogP contribution in [0, 0.1) is 5.92 Å². The van der Waals surface area contributed by atoms with Crippen molar-refractivity contribution in [2.75, 3.05) is 27.2 Å². The zero-order chi connectivity index (χ0) is 22.2. The molecular weight excluding hydrogens is 400 g/mol. The van der Waals surface area contributed by atoms with Gasteiger partial charge in [-0.3, -0.25) is 4.79 Å². The van der Waals surface area contributed by atoms with Gasteiger partial charge < -0.3 is 14.5 Å². The summed E-state index contributed by atoms with van der Waals surface area (Å²) in [5, 5.41) is 0. The molecule has 5 nitrogen and oxygen atoms in total. The minimum absolute atomic E-state index is 0.0779. The number of carbonyl (C=O) groups is 2. The second-order valence-electron chi connectivity index (χ2n) is 9.78. The van der Waals surface area contributed by atoms with E-state index in [9.17, 15) is 9.59 Å². The SMILES string of the molecule is CN(C)CCC(=O)C1CC2CCC(C1)N2C(=O)OCC1c2ccccc2-c2ccccc21. The second kappa shape index (κ2) is 8.70. The lowest BCUT2D eigenvalue weighted by molar-refractivity contribution is -0.125. The number of amides is 1. The highest BCUT2D eigenvalue weighted by atomic mass is 16.6. The van der Waals surface area contributed by atoms with Crippen LogP contribution in [0.3, 0.4) is 0 Å². The van der Waals surface area contributed by atoms with Crippen LogP contribution >= 0.6 is 0 Å². The summed E-state index contributed by atoms with van der Waals surface area (Å²) in [6.45, 7) is 1.15. The van der Waals surface area contributed by atoms with Crippen molar-refractivity contribution in [3.05, 3.63) is 59.7 Å². The first kappa shape index (κ1) is 21.2. The number of ketones is 1. The number of carbonyl (C=O) groups excluding carboxylic acids is 2. The summed E-state index contributed by atoms with van der Waals surface area (Å²) in [5.41, 5.74) is 4.94. The van der Waals surface area contributed by atoms with Gasteiger partial charge in [0.1, 0.15) is 12.4 Å². The second-order valence-corrected chi connectivity index (χ2v) is 9.78. The van der Waals surface area contributed by atoms with Gasteiger partial charge in [-0.2, -0.15) is 0 Å². The van der Waals surface area contributed by atoms with E-state index < -0.39 is 0 Å². The Morgan fingerprint density at radius 2 is 1.50 bits per heavy atom. The lowest BCUT2D eigenvalue weighted by atomic mass is 9.86. The first-order valence-electron chi connectivity index (χ1n) is 11.8. The van der Waals surface area contributed by atoms with E-state index in [1.807, 2.05) is 19.0 Å². The van der Waals surface area contributed by atoms with Crippen molar-refractivity contribution in [1.29, 1.82) is 0 Å². The lowest BCUT2D eigenvalue weighted by Crippen LogP contribution is -2.48. The molecule has 0 saturated carbocycles. The van der Waals surface area contributed by atoms with Crippen molar-refractivity contribution in [3.63, 3.8) is 0 Å². The highest BCUT2D eigenvalue weighted by Gasteiger charge is 2.45. The maximum absolute atomic E-state index is 13.1. The molecule has 2 fully saturated rings. The van der Waals surface area contributed by atoms with Crippen molar-refractivity contribution in [2.24, 2.45) is 5.92 Å². The zero-order valence-corrected chi connectivity index (χ0v) is 19.0.